The van der Waals surface area contributed by atoms with Crippen LogP contribution in [0.1, 0.15) is 0 Å². The van der Waals surface area contributed by atoms with Crippen LogP contribution in [0.15, 0.2) is 110 Å². The highest BCUT2D eigenvalue weighted by Gasteiger charge is 2.01. The van der Waals surface area contributed by atoms with Gasteiger partial charge in [0.2, 0.25) is 0 Å². The van der Waals surface area contributed by atoms with Gasteiger partial charge < -0.3 is 5.32 Å². The van der Waals surface area contributed by atoms with Crippen LogP contribution in [-0.2, 0) is 4.79 Å². The predicted molar refractivity (Wildman–Crippen MR) is 92.5 cm³/mol. The summed E-state index contributed by atoms with van der Waals surface area (Å²) in [5.74, 6) is -0.227. The molecule has 0 unspecified atom stereocenters. The van der Waals surface area contributed by atoms with Gasteiger partial charge in [-0.15, -0.1) is 0 Å². The molecule has 0 atom stereocenters. The fraction of sp³-hybridized carbons (Fsp3) is 0. The molecule has 0 bridgehead atoms. The van der Waals surface area contributed by atoms with E-state index in [1.54, 1.807) is 60.9 Å². The number of allylic oxidation sites excluding steroid dienone is 11. The minimum atomic E-state index is -0.227. The van der Waals surface area contributed by atoms with Gasteiger partial charge in [0.05, 0.1) is 0 Å². The van der Waals surface area contributed by atoms with Gasteiger partial charge in [-0.05, 0) is 17.7 Å². The molecule has 0 rings (SSSR count). The van der Waals surface area contributed by atoms with Crippen LogP contribution in [0, 0.1) is 0 Å². The normalized spacial score (nSPS) is 12.8. The first kappa shape index (κ1) is 18.1. The highest BCUT2D eigenvalue weighted by molar-refractivity contribution is 5.97. The minimum Gasteiger partial charge on any atom is -0.329 e. The zero-order valence-corrected chi connectivity index (χ0v) is 12.2. The Balaban J connectivity index is 4.87. The number of nitrogens with one attached hydrogen (secondary N) is 1. The highest BCUT2D eigenvalue weighted by Crippen LogP contribution is 2.01. The van der Waals surface area contributed by atoms with E-state index in [0.29, 0.717) is 5.57 Å². The Morgan fingerprint density at radius 1 is 0.762 bits per heavy atom. The molecule has 0 aromatic heterocycles. The Labute approximate surface area is 127 Å². The van der Waals surface area contributed by atoms with E-state index in [9.17, 15) is 4.79 Å². The van der Waals surface area contributed by atoms with Crippen molar-refractivity contribution in [2.24, 2.45) is 0 Å². The van der Waals surface area contributed by atoms with E-state index < -0.39 is 0 Å². The number of rotatable bonds is 9. The van der Waals surface area contributed by atoms with Gasteiger partial charge in [0.15, 0.2) is 0 Å². The van der Waals surface area contributed by atoms with Crippen molar-refractivity contribution in [3.8, 4) is 0 Å². The average molecular weight is 279 g/mol. The second-order valence-corrected chi connectivity index (χ2v) is 3.76. The topological polar surface area (TPSA) is 29.1 Å². The van der Waals surface area contributed by atoms with Crippen LogP contribution in [0.25, 0.3) is 0 Å². The molecule has 0 aliphatic heterocycles. The van der Waals surface area contributed by atoms with Crippen molar-refractivity contribution in [2.45, 2.75) is 0 Å². The summed E-state index contributed by atoms with van der Waals surface area (Å²) in [6.07, 6.45) is 20.3. The summed E-state index contributed by atoms with van der Waals surface area (Å²) in [5, 5.41) is 2.69. The third kappa shape index (κ3) is 8.78. The van der Waals surface area contributed by atoms with Gasteiger partial charge in [0.1, 0.15) is 0 Å². The largest absolute Gasteiger partial charge is 0.329 e. The quantitative estimate of drug-likeness (QED) is 0.494. The average Bonchev–Trinajstić information content (AvgIpc) is 2.48. The lowest BCUT2D eigenvalue weighted by atomic mass is 10.2. The van der Waals surface area contributed by atoms with E-state index in [2.05, 4.69) is 31.6 Å². The van der Waals surface area contributed by atoms with E-state index in [-0.39, 0.29) is 5.91 Å². The van der Waals surface area contributed by atoms with Crippen molar-refractivity contribution >= 4 is 5.91 Å². The molecule has 1 N–H and O–H groups in total. The van der Waals surface area contributed by atoms with Crippen LogP contribution >= 0.6 is 0 Å². The van der Waals surface area contributed by atoms with Gasteiger partial charge >= 0.3 is 0 Å². The smallest absolute Gasteiger partial charge is 0.255 e. The molecule has 0 saturated carbocycles. The molecule has 0 spiro atoms. The first-order chi connectivity index (χ1) is 10.2. The standard InChI is InChI=1S/C19H21NO/c1-5-9-13-17(11-7-3)15-16-20-19(21)18(12-8-4)14-10-6-2/h5-16H,1-4H2,(H,20,21)/b13-9-,14-10-,16-15+,17-11+,18-12+. The fourth-order valence-corrected chi connectivity index (χ4v) is 1.28. The Kier molecular flexibility index (Phi) is 10.5. The lowest BCUT2D eigenvalue weighted by Gasteiger charge is -2.00. The molecule has 1 amide bonds. The molecule has 0 aliphatic rings. The maximum Gasteiger partial charge on any atom is 0.255 e. The summed E-state index contributed by atoms with van der Waals surface area (Å²) in [7, 11) is 0. The van der Waals surface area contributed by atoms with Crippen LogP contribution in [-0.4, -0.2) is 5.91 Å². The van der Waals surface area contributed by atoms with E-state index in [1.807, 2.05) is 12.2 Å². The molecule has 21 heavy (non-hydrogen) atoms. The lowest BCUT2D eigenvalue weighted by Crippen LogP contribution is -2.18. The molecule has 0 saturated heterocycles. The van der Waals surface area contributed by atoms with Gasteiger partial charge in [0.25, 0.3) is 5.91 Å². The van der Waals surface area contributed by atoms with Gasteiger partial charge in [-0.25, -0.2) is 0 Å². The number of hydrogen-bond acceptors (Lipinski definition) is 1. The maximum atomic E-state index is 12.0. The molecule has 0 fully saturated rings. The summed E-state index contributed by atoms with van der Waals surface area (Å²) in [6.45, 7) is 14.4. The molecule has 0 aromatic rings. The monoisotopic (exact) mass is 279 g/mol. The summed E-state index contributed by atoms with van der Waals surface area (Å²) in [6, 6.07) is 0. The summed E-state index contributed by atoms with van der Waals surface area (Å²) < 4.78 is 0. The SMILES string of the molecule is C=C\C=C/C(/C=C/NC(=O)C(/C=C\C=C)=C/C=C)=C\C=C. The number of amides is 1. The van der Waals surface area contributed by atoms with E-state index in [0.717, 1.165) is 5.57 Å². The van der Waals surface area contributed by atoms with Crippen molar-refractivity contribution in [1.29, 1.82) is 0 Å². The maximum absolute atomic E-state index is 12.0. The molecule has 0 aromatic carbocycles. The molecule has 2 nitrogen and oxygen atoms in total. The Morgan fingerprint density at radius 2 is 1.38 bits per heavy atom. The zero-order valence-electron chi connectivity index (χ0n) is 12.2. The molecule has 0 radical (unpaired) electrons. The van der Waals surface area contributed by atoms with Gasteiger partial charge in [-0.3, -0.25) is 4.79 Å². The molecule has 108 valence electrons. The molecular formula is C19H21NO. The van der Waals surface area contributed by atoms with Crippen molar-refractivity contribution < 1.29 is 4.79 Å². The summed E-state index contributed by atoms with van der Waals surface area (Å²) in [4.78, 5) is 12.0. The molecule has 0 aliphatic carbocycles. The first-order valence-electron chi connectivity index (χ1n) is 6.40. The fourth-order valence-electron chi connectivity index (χ4n) is 1.28. The van der Waals surface area contributed by atoms with Gasteiger partial charge in [-0.2, -0.15) is 0 Å². The molecule has 0 heterocycles. The molecular weight excluding hydrogens is 258 g/mol. The summed E-state index contributed by atoms with van der Waals surface area (Å²) in [5.41, 5.74) is 1.38. The van der Waals surface area contributed by atoms with Crippen LogP contribution in [0.3, 0.4) is 0 Å². The first-order valence-corrected chi connectivity index (χ1v) is 6.40. The zero-order chi connectivity index (χ0) is 15.9. The van der Waals surface area contributed by atoms with E-state index >= 15 is 0 Å². The van der Waals surface area contributed by atoms with Gasteiger partial charge in [0, 0.05) is 11.8 Å². The lowest BCUT2D eigenvalue weighted by molar-refractivity contribution is -0.116. The van der Waals surface area contributed by atoms with E-state index in [4.69, 9.17) is 0 Å². The predicted octanol–water partition coefficient (Wildman–Crippen LogP) is 4.33. The number of hydrogen-bond donors (Lipinski definition) is 1. The van der Waals surface area contributed by atoms with Crippen molar-refractivity contribution in [3.63, 3.8) is 0 Å². The third-order valence-corrected chi connectivity index (χ3v) is 2.20. The van der Waals surface area contributed by atoms with Crippen molar-refractivity contribution in [1.82, 2.24) is 5.32 Å². The highest BCUT2D eigenvalue weighted by atomic mass is 16.1. The third-order valence-electron chi connectivity index (χ3n) is 2.20. The van der Waals surface area contributed by atoms with E-state index in [1.165, 1.54) is 0 Å². The Bertz CT molecular complexity index is 540. The van der Waals surface area contributed by atoms with Crippen molar-refractivity contribution in [3.05, 3.63) is 110 Å². The summed E-state index contributed by atoms with van der Waals surface area (Å²) >= 11 is 0. The number of carbonyl (C=O) groups is 1. The van der Waals surface area contributed by atoms with Crippen molar-refractivity contribution in [2.75, 3.05) is 0 Å². The molecule has 2 heteroatoms. The van der Waals surface area contributed by atoms with Gasteiger partial charge in [-0.1, -0.05) is 81.0 Å². The minimum absolute atomic E-state index is 0.227. The van der Waals surface area contributed by atoms with Crippen LogP contribution in [0.4, 0.5) is 0 Å². The van der Waals surface area contributed by atoms with Crippen LogP contribution in [0.5, 0.6) is 0 Å². The number of carbonyl (C=O) groups excluding carboxylic acids is 1. The second kappa shape index (κ2) is 12.2. The van der Waals surface area contributed by atoms with Crippen LogP contribution < -0.4 is 5.32 Å². The van der Waals surface area contributed by atoms with Crippen LogP contribution in [0.2, 0.25) is 0 Å². The Hall–Kier alpha value is -2.87. The Morgan fingerprint density at radius 3 is 1.95 bits per heavy atom. The second-order valence-electron chi connectivity index (χ2n) is 3.76.